The number of ether oxygens (including phenoxy) is 1. The van der Waals surface area contributed by atoms with Crippen molar-refractivity contribution in [2.24, 2.45) is 0 Å². The third-order valence-electron chi connectivity index (χ3n) is 2.16. The quantitative estimate of drug-likeness (QED) is 0.770. The molecule has 1 aromatic carbocycles. The molecular formula is C11H12N2O2. The molecule has 1 heterocycles. The molecule has 2 aromatic rings. The summed E-state index contributed by atoms with van der Waals surface area (Å²) < 4.78 is 10.6. The van der Waals surface area contributed by atoms with Gasteiger partial charge in [-0.25, -0.2) is 0 Å². The molecule has 0 aliphatic heterocycles. The monoisotopic (exact) mass is 204 g/mol. The van der Waals surface area contributed by atoms with E-state index in [1.54, 1.807) is 7.11 Å². The minimum atomic E-state index is -0.171. The SMILES string of the molecule is COC(C)c1nnc(-c2ccccc2)o1. The minimum Gasteiger partial charge on any atom is -0.418 e. The Balaban J connectivity index is 2.28. The zero-order valence-corrected chi connectivity index (χ0v) is 8.68. The summed E-state index contributed by atoms with van der Waals surface area (Å²) in [5.41, 5.74) is 0.916. The Morgan fingerprint density at radius 2 is 1.93 bits per heavy atom. The van der Waals surface area contributed by atoms with Gasteiger partial charge in [0.1, 0.15) is 6.10 Å². The van der Waals surface area contributed by atoms with Crippen molar-refractivity contribution in [3.63, 3.8) is 0 Å². The molecule has 0 bridgehead atoms. The summed E-state index contributed by atoms with van der Waals surface area (Å²) in [6.07, 6.45) is -0.171. The molecule has 4 heteroatoms. The van der Waals surface area contributed by atoms with Gasteiger partial charge in [-0.05, 0) is 19.1 Å². The molecule has 0 aliphatic carbocycles. The van der Waals surface area contributed by atoms with Gasteiger partial charge in [-0.15, -0.1) is 10.2 Å². The van der Waals surface area contributed by atoms with Gasteiger partial charge in [0.25, 0.3) is 0 Å². The predicted octanol–water partition coefficient (Wildman–Crippen LogP) is 2.44. The zero-order chi connectivity index (χ0) is 10.7. The number of rotatable bonds is 3. The number of hydrogen-bond donors (Lipinski definition) is 0. The van der Waals surface area contributed by atoms with E-state index in [1.807, 2.05) is 37.3 Å². The van der Waals surface area contributed by atoms with Crippen LogP contribution in [0.25, 0.3) is 11.5 Å². The molecule has 0 spiro atoms. The molecule has 0 saturated carbocycles. The molecule has 0 N–H and O–H groups in total. The topological polar surface area (TPSA) is 48.2 Å². The highest BCUT2D eigenvalue weighted by Gasteiger charge is 2.13. The van der Waals surface area contributed by atoms with Gasteiger partial charge in [-0.2, -0.15) is 0 Å². The fourth-order valence-corrected chi connectivity index (χ4v) is 1.20. The van der Waals surface area contributed by atoms with Crippen LogP contribution < -0.4 is 0 Å². The van der Waals surface area contributed by atoms with Gasteiger partial charge in [0.2, 0.25) is 11.8 Å². The molecule has 1 atom stereocenters. The van der Waals surface area contributed by atoms with Crippen LogP contribution in [0, 0.1) is 0 Å². The van der Waals surface area contributed by atoms with Crippen LogP contribution in [-0.2, 0) is 4.74 Å². The van der Waals surface area contributed by atoms with E-state index < -0.39 is 0 Å². The van der Waals surface area contributed by atoms with E-state index >= 15 is 0 Å². The highest BCUT2D eigenvalue weighted by molar-refractivity contribution is 5.51. The standard InChI is InChI=1S/C11H12N2O2/c1-8(14-2)10-12-13-11(15-10)9-6-4-3-5-7-9/h3-8H,1-2H3. The molecule has 1 aromatic heterocycles. The Labute approximate surface area is 87.9 Å². The summed E-state index contributed by atoms with van der Waals surface area (Å²) in [6, 6.07) is 9.65. The maximum absolute atomic E-state index is 5.48. The number of hydrogen-bond acceptors (Lipinski definition) is 4. The average Bonchev–Trinajstić information content (AvgIpc) is 2.78. The molecule has 0 amide bonds. The fourth-order valence-electron chi connectivity index (χ4n) is 1.20. The predicted molar refractivity (Wildman–Crippen MR) is 55.2 cm³/mol. The lowest BCUT2D eigenvalue weighted by Crippen LogP contribution is -1.95. The summed E-state index contributed by atoms with van der Waals surface area (Å²) in [5.74, 6) is 1.02. The van der Waals surface area contributed by atoms with Gasteiger partial charge in [-0.1, -0.05) is 18.2 Å². The van der Waals surface area contributed by atoms with Gasteiger partial charge in [-0.3, -0.25) is 0 Å². The van der Waals surface area contributed by atoms with Crippen LogP contribution in [0.2, 0.25) is 0 Å². The van der Waals surface area contributed by atoms with E-state index in [0.29, 0.717) is 11.8 Å². The van der Waals surface area contributed by atoms with E-state index in [4.69, 9.17) is 9.15 Å². The van der Waals surface area contributed by atoms with E-state index in [0.717, 1.165) is 5.56 Å². The van der Waals surface area contributed by atoms with Crippen molar-refractivity contribution in [2.45, 2.75) is 13.0 Å². The first kappa shape index (κ1) is 9.86. The zero-order valence-electron chi connectivity index (χ0n) is 8.68. The molecule has 15 heavy (non-hydrogen) atoms. The van der Waals surface area contributed by atoms with Crippen LogP contribution >= 0.6 is 0 Å². The van der Waals surface area contributed by atoms with Crippen LogP contribution in [0.15, 0.2) is 34.7 Å². The maximum atomic E-state index is 5.48. The molecule has 2 rings (SSSR count). The van der Waals surface area contributed by atoms with Crippen LogP contribution in [0.3, 0.4) is 0 Å². The highest BCUT2D eigenvalue weighted by Crippen LogP contribution is 2.21. The number of nitrogens with zero attached hydrogens (tertiary/aromatic N) is 2. The Morgan fingerprint density at radius 1 is 1.20 bits per heavy atom. The first-order valence-corrected chi connectivity index (χ1v) is 4.73. The summed E-state index contributed by atoms with van der Waals surface area (Å²) in [5, 5.41) is 7.88. The number of benzene rings is 1. The van der Waals surface area contributed by atoms with Crippen molar-refractivity contribution in [1.29, 1.82) is 0 Å². The second-order valence-electron chi connectivity index (χ2n) is 3.19. The maximum Gasteiger partial charge on any atom is 0.247 e. The summed E-state index contributed by atoms with van der Waals surface area (Å²) in [6.45, 7) is 1.86. The van der Waals surface area contributed by atoms with Crippen LogP contribution in [-0.4, -0.2) is 17.3 Å². The first-order valence-electron chi connectivity index (χ1n) is 4.73. The molecule has 1 unspecified atom stereocenters. The second kappa shape index (κ2) is 4.23. The Kier molecular flexibility index (Phi) is 2.78. The number of aromatic nitrogens is 2. The lowest BCUT2D eigenvalue weighted by atomic mass is 10.2. The van der Waals surface area contributed by atoms with Crippen LogP contribution in [0.4, 0.5) is 0 Å². The van der Waals surface area contributed by atoms with Crippen LogP contribution in [0.5, 0.6) is 0 Å². The van der Waals surface area contributed by atoms with E-state index in [-0.39, 0.29) is 6.10 Å². The molecule has 0 fully saturated rings. The summed E-state index contributed by atoms with van der Waals surface area (Å²) >= 11 is 0. The van der Waals surface area contributed by atoms with Crippen molar-refractivity contribution in [2.75, 3.05) is 7.11 Å². The second-order valence-corrected chi connectivity index (χ2v) is 3.19. The third kappa shape index (κ3) is 2.05. The van der Waals surface area contributed by atoms with Crippen molar-refractivity contribution in [1.82, 2.24) is 10.2 Å². The van der Waals surface area contributed by atoms with Gasteiger partial charge in [0.15, 0.2) is 0 Å². The molecule has 78 valence electrons. The molecule has 0 saturated heterocycles. The Bertz CT molecular complexity index is 425. The van der Waals surface area contributed by atoms with Gasteiger partial charge in [0, 0.05) is 12.7 Å². The third-order valence-corrected chi connectivity index (χ3v) is 2.16. The molecule has 0 aliphatic rings. The van der Waals surface area contributed by atoms with E-state index in [1.165, 1.54) is 0 Å². The van der Waals surface area contributed by atoms with Crippen LogP contribution in [0.1, 0.15) is 18.9 Å². The molecule has 0 radical (unpaired) electrons. The lowest BCUT2D eigenvalue weighted by molar-refractivity contribution is 0.0952. The van der Waals surface area contributed by atoms with Crippen molar-refractivity contribution in [3.8, 4) is 11.5 Å². The van der Waals surface area contributed by atoms with Crippen molar-refractivity contribution < 1.29 is 9.15 Å². The minimum absolute atomic E-state index is 0.171. The smallest absolute Gasteiger partial charge is 0.247 e. The van der Waals surface area contributed by atoms with Gasteiger partial charge < -0.3 is 9.15 Å². The lowest BCUT2D eigenvalue weighted by Gasteiger charge is -2.01. The van der Waals surface area contributed by atoms with Crippen molar-refractivity contribution in [3.05, 3.63) is 36.2 Å². The summed E-state index contributed by atoms with van der Waals surface area (Å²) in [7, 11) is 1.61. The molecular weight excluding hydrogens is 192 g/mol. The Morgan fingerprint density at radius 3 is 2.60 bits per heavy atom. The number of methoxy groups -OCH3 is 1. The largest absolute Gasteiger partial charge is 0.418 e. The highest BCUT2D eigenvalue weighted by atomic mass is 16.5. The van der Waals surface area contributed by atoms with E-state index in [9.17, 15) is 0 Å². The Hall–Kier alpha value is -1.68. The van der Waals surface area contributed by atoms with Gasteiger partial charge in [0.05, 0.1) is 0 Å². The van der Waals surface area contributed by atoms with Crippen molar-refractivity contribution >= 4 is 0 Å². The van der Waals surface area contributed by atoms with E-state index in [2.05, 4.69) is 10.2 Å². The summed E-state index contributed by atoms with van der Waals surface area (Å²) in [4.78, 5) is 0. The molecule has 4 nitrogen and oxygen atoms in total. The normalized spacial score (nSPS) is 12.7. The average molecular weight is 204 g/mol. The van der Waals surface area contributed by atoms with Gasteiger partial charge >= 0.3 is 0 Å². The fraction of sp³-hybridized carbons (Fsp3) is 0.273. The first-order chi connectivity index (χ1) is 7.31.